The zero-order valence-corrected chi connectivity index (χ0v) is 48.3. The van der Waals surface area contributed by atoms with Crippen LogP contribution >= 0.6 is 0 Å². The fourth-order valence-corrected chi connectivity index (χ4v) is 8.39. The van der Waals surface area contributed by atoms with E-state index in [4.69, 9.17) is 0 Å². The number of piperidine rings is 1. The van der Waals surface area contributed by atoms with Gasteiger partial charge in [-0.05, 0) is 103 Å². The predicted molar refractivity (Wildman–Crippen MR) is 299 cm³/mol. The van der Waals surface area contributed by atoms with Crippen molar-refractivity contribution < 1.29 is 13.6 Å². The molecule has 0 unspecified atom stereocenters. The number of carbonyl (C=O) groups excluding carboxylic acids is 1. The first-order valence-electron chi connectivity index (χ1n) is 27.4. The van der Waals surface area contributed by atoms with Gasteiger partial charge in [0.05, 0.1) is 48.8 Å². The highest BCUT2D eigenvalue weighted by Crippen LogP contribution is 2.29. The summed E-state index contributed by atoms with van der Waals surface area (Å²) in [6.07, 6.45) is 28.5. The lowest BCUT2D eigenvalue weighted by molar-refractivity contribution is -0.130. The summed E-state index contributed by atoms with van der Waals surface area (Å²) in [7, 11) is 3.32. The lowest BCUT2D eigenvalue weighted by Gasteiger charge is -2.31. The summed E-state index contributed by atoms with van der Waals surface area (Å²) in [4.78, 5) is 13.2. The lowest BCUT2D eigenvalue weighted by Crippen LogP contribution is -2.37. The van der Waals surface area contributed by atoms with E-state index in [-0.39, 0.29) is 29.6 Å². The number of para-hydroxylation sites is 1. The van der Waals surface area contributed by atoms with Crippen molar-refractivity contribution in [1.29, 1.82) is 0 Å². The van der Waals surface area contributed by atoms with Crippen molar-refractivity contribution in [1.82, 2.24) is 63.6 Å². The minimum atomic E-state index is -0.350. The number of likely N-dealkylation sites (tertiary alicyclic amines) is 1. The SMILES string of the molecule is CC(=O)N1CCC(n2cc(C(C)C)cn2)CC1.CC(C)c1cn(C)nc1F.CC(C)c1cnn(-c2ccccc2)c1.CC(C)c1cnn(C)c1F.CC(C)c1cnn(C2CCCCC2)c1.CCn1cc(C(C)C)cn1. The van der Waals surface area contributed by atoms with Gasteiger partial charge in [-0.3, -0.25) is 23.5 Å². The second kappa shape index (κ2) is 30.4. The molecular weight excluding hydrogens is 945 g/mol. The Morgan fingerprint density at radius 2 is 1.04 bits per heavy atom. The highest BCUT2D eigenvalue weighted by atomic mass is 19.1. The molecule has 1 aromatic carbocycles. The zero-order chi connectivity index (χ0) is 55.4. The lowest BCUT2D eigenvalue weighted by atomic mass is 9.96. The summed E-state index contributed by atoms with van der Waals surface area (Å²) < 4.78 is 36.5. The van der Waals surface area contributed by atoms with Crippen molar-refractivity contribution in [2.45, 2.75) is 196 Å². The van der Waals surface area contributed by atoms with E-state index in [1.807, 2.05) is 84.9 Å². The number of hydrogen-bond donors (Lipinski definition) is 0. The molecule has 2 aliphatic rings. The molecule has 0 radical (unpaired) electrons. The van der Waals surface area contributed by atoms with Gasteiger partial charge in [0.15, 0.2) is 0 Å². The molecule has 1 aliphatic heterocycles. The van der Waals surface area contributed by atoms with Crippen molar-refractivity contribution >= 4 is 5.91 Å². The molecule has 1 aliphatic carbocycles. The number of nitrogens with zero attached hydrogens (tertiary/aromatic N) is 13. The molecule has 0 N–H and O–H groups in total. The van der Waals surface area contributed by atoms with E-state index in [9.17, 15) is 13.6 Å². The summed E-state index contributed by atoms with van der Waals surface area (Å²) in [5.41, 5.74) is 7.73. The predicted octanol–water partition coefficient (Wildman–Crippen LogP) is 14.1. The van der Waals surface area contributed by atoms with E-state index in [1.165, 1.54) is 63.7 Å². The smallest absolute Gasteiger partial charge is 0.236 e. The summed E-state index contributed by atoms with van der Waals surface area (Å²) >= 11 is 0. The van der Waals surface area contributed by atoms with Crippen LogP contribution in [0.5, 0.6) is 0 Å². The van der Waals surface area contributed by atoms with Gasteiger partial charge in [-0.2, -0.15) is 34.3 Å². The van der Waals surface area contributed by atoms with Gasteiger partial charge in [-0.25, -0.2) is 9.36 Å². The largest absolute Gasteiger partial charge is 0.343 e. The van der Waals surface area contributed by atoms with E-state index in [1.54, 1.807) is 33.4 Å². The molecule has 0 spiro atoms. The Labute approximate surface area is 447 Å². The van der Waals surface area contributed by atoms with Gasteiger partial charge in [0.25, 0.3) is 0 Å². The molecule has 1 amide bonds. The van der Waals surface area contributed by atoms with Gasteiger partial charge in [-0.15, -0.1) is 5.10 Å². The van der Waals surface area contributed by atoms with E-state index in [2.05, 4.69) is 139 Å². The molecule has 7 heterocycles. The van der Waals surface area contributed by atoms with E-state index >= 15 is 0 Å². The van der Waals surface area contributed by atoms with Crippen LogP contribution in [0.3, 0.4) is 0 Å². The fraction of sp³-hybridized carbons (Fsp3) is 0.576. The van der Waals surface area contributed by atoms with Crippen molar-refractivity contribution in [2.75, 3.05) is 13.1 Å². The second-order valence-corrected chi connectivity index (χ2v) is 21.7. The average molecular weight is 1040 g/mol. The molecule has 2 fully saturated rings. The van der Waals surface area contributed by atoms with Crippen LogP contribution in [0, 0.1) is 11.9 Å². The average Bonchev–Trinajstić information content (AvgIpc) is 4.27. The molecule has 14 nitrogen and oxygen atoms in total. The van der Waals surface area contributed by atoms with Crippen molar-refractivity contribution in [3.63, 3.8) is 0 Å². The van der Waals surface area contributed by atoms with Gasteiger partial charge in [0.1, 0.15) is 0 Å². The topological polar surface area (TPSA) is 127 Å². The number of aryl methyl sites for hydroxylation is 3. The van der Waals surface area contributed by atoms with Crippen LogP contribution in [0.15, 0.2) is 92.3 Å². The maximum absolute atomic E-state index is 12.9. The molecule has 412 valence electrons. The Bertz CT molecular complexity index is 2660. The fourth-order valence-electron chi connectivity index (χ4n) is 8.39. The maximum atomic E-state index is 12.9. The van der Waals surface area contributed by atoms with Crippen molar-refractivity contribution in [2.24, 2.45) is 14.1 Å². The minimum absolute atomic E-state index is 0.187. The number of aromatic nitrogens is 12. The molecule has 9 rings (SSSR count). The van der Waals surface area contributed by atoms with Crippen molar-refractivity contribution in [3.05, 3.63) is 138 Å². The Balaban J connectivity index is 0.000000197. The summed E-state index contributed by atoms with van der Waals surface area (Å²) in [5, 5.41) is 24.8. The van der Waals surface area contributed by atoms with Gasteiger partial charge in [-0.1, -0.05) is 121 Å². The minimum Gasteiger partial charge on any atom is -0.343 e. The second-order valence-electron chi connectivity index (χ2n) is 21.7. The molecule has 16 heteroatoms. The summed E-state index contributed by atoms with van der Waals surface area (Å²) in [6.45, 7) is 31.7. The van der Waals surface area contributed by atoms with Crippen molar-refractivity contribution in [3.8, 4) is 5.69 Å². The van der Waals surface area contributed by atoms with Crippen LogP contribution in [0.2, 0.25) is 0 Å². The molecule has 1 saturated heterocycles. The Morgan fingerprint density at radius 3 is 1.40 bits per heavy atom. The first-order valence-corrected chi connectivity index (χ1v) is 27.4. The van der Waals surface area contributed by atoms with E-state index in [0.29, 0.717) is 46.9 Å². The highest BCUT2D eigenvalue weighted by molar-refractivity contribution is 5.73. The standard InChI is InChI=1S/C13H21N3O.C12H20N2.C12H14N2.C8H14N2.2C7H11FN2/c1-10(2)12-8-14-16(9-12)13-4-6-15(7-5-13)11(3)17;2*1-10(2)11-8-13-14(9-11)12-6-4-3-5-7-12;1-4-10-6-8(5-9-10)7(2)3;1-5(2)6-4-10(3)9-7(6)8;1-5(2)6-4-9-10(3)7(6)8/h8-10,13H,4-7H2,1-3H3;8-10,12H,3-7H2,1-2H3;3-10H,1-2H3;5-7H,4H2,1-3H3;2*4-5H,1-3H3. The highest BCUT2D eigenvalue weighted by Gasteiger charge is 2.23. The van der Waals surface area contributed by atoms with Crippen LogP contribution in [-0.2, 0) is 25.4 Å². The van der Waals surface area contributed by atoms with E-state index in [0.717, 1.165) is 38.2 Å². The number of benzene rings is 1. The Kier molecular flexibility index (Phi) is 24.9. The molecule has 7 aromatic rings. The van der Waals surface area contributed by atoms with Crippen LogP contribution < -0.4 is 0 Å². The normalized spacial score (nSPS) is 13.9. The molecule has 6 aromatic heterocycles. The number of hydrogen-bond acceptors (Lipinski definition) is 7. The van der Waals surface area contributed by atoms with Gasteiger partial charge >= 0.3 is 0 Å². The first-order chi connectivity index (χ1) is 35.6. The maximum Gasteiger partial charge on any atom is 0.236 e. The van der Waals surface area contributed by atoms with Gasteiger partial charge < -0.3 is 4.90 Å². The number of amides is 1. The van der Waals surface area contributed by atoms with Crippen LogP contribution in [-0.4, -0.2) is 82.6 Å². The summed E-state index contributed by atoms with van der Waals surface area (Å²) in [6, 6.07) is 11.3. The van der Waals surface area contributed by atoms with Crippen LogP contribution in [0.1, 0.15) is 223 Å². The molecule has 0 bridgehead atoms. The van der Waals surface area contributed by atoms with Crippen LogP contribution in [0.25, 0.3) is 5.69 Å². The quantitative estimate of drug-likeness (QED) is 0.133. The zero-order valence-electron chi connectivity index (χ0n) is 48.3. The van der Waals surface area contributed by atoms with Gasteiger partial charge in [0, 0.05) is 82.8 Å². The number of rotatable bonds is 10. The number of carbonyl (C=O) groups is 1. The van der Waals surface area contributed by atoms with Gasteiger partial charge in [0.2, 0.25) is 17.8 Å². The Morgan fingerprint density at radius 1 is 0.560 bits per heavy atom. The number of halogens is 2. The third-order valence-corrected chi connectivity index (χ3v) is 13.7. The monoisotopic (exact) mass is 1040 g/mol. The molecule has 1 saturated carbocycles. The third kappa shape index (κ3) is 19.5. The first kappa shape index (κ1) is 61.4. The Hall–Kier alpha value is -6.19. The third-order valence-electron chi connectivity index (χ3n) is 13.7. The molecular formula is C59H91F2N13O. The molecule has 75 heavy (non-hydrogen) atoms. The van der Waals surface area contributed by atoms with Crippen LogP contribution in [0.4, 0.5) is 8.78 Å². The van der Waals surface area contributed by atoms with E-state index < -0.39 is 0 Å². The molecule has 0 atom stereocenters. The summed E-state index contributed by atoms with van der Waals surface area (Å²) in [5.74, 6) is 2.31.